The zero-order valence-corrected chi connectivity index (χ0v) is 27.4. The molecule has 0 bridgehead atoms. The second-order valence-corrected chi connectivity index (χ2v) is 12.7. The lowest BCUT2D eigenvalue weighted by atomic mass is 10.1. The van der Waals surface area contributed by atoms with Crippen LogP contribution >= 0.6 is 0 Å². The van der Waals surface area contributed by atoms with E-state index in [-0.39, 0.29) is 73.5 Å². The first-order valence-electron chi connectivity index (χ1n) is 15.6. The number of alkyl halides is 3. The van der Waals surface area contributed by atoms with E-state index >= 15 is 0 Å². The Morgan fingerprint density at radius 1 is 1.10 bits per heavy atom. The van der Waals surface area contributed by atoms with Crippen molar-refractivity contribution in [2.75, 3.05) is 49.6 Å². The maximum atomic E-state index is 14.2. The number of Topliss-reactive ketones (excluding diaryl/α,β-unsaturated/α-hetero) is 1. The number of hydrogen-bond acceptors (Lipinski definition) is 9. The van der Waals surface area contributed by atoms with Crippen LogP contribution in [0.15, 0.2) is 29.1 Å². The molecule has 3 aromatic rings. The van der Waals surface area contributed by atoms with Crippen molar-refractivity contribution in [1.29, 1.82) is 0 Å². The smallest absolute Gasteiger partial charge is 0.416 e. The maximum absolute atomic E-state index is 14.2. The van der Waals surface area contributed by atoms with Crippen LogP contribution in [0.3, 0.4) is 0 Å². The minimum atomic E-state index is -4.54. The Morgan fingerprint density at radius 3 is 2.48 bits per heavy atom. The average Bonchev–Trinajstić information content (AvgIpc) is 3.36. The van der Waals surface area contributed by atoms with Crippen LogP contribution in [0.5, 0.6) is 0 Å². The molecule has 1 aromatic carbocycles. The van der Waals surface area contributed by atoms with E-state index in [1.54, 1.807) is 32.6 Å². The highest BCUT2D eigenvalue weighted by Gasteiger charge is 2.33. The van der Waals surface area contributed by atoms with Crippen molar-refractivity contribution in [3.8, 4) is 0 Å². The van der Waals surface area contributed by atoms with Crippen molar-refractivity contribution >= 4 is 40.5 Å². The Labute approximate surface area is 274 Å². The summed E-state index contributed by atoms with van der Waals surface area (Å²) in [5.41, 5.74) is -0.476. The number of fused-ring (bicyclic) bond motifs is 1. The Kier molecular flexibility index (Phi) is 9.67. The molecule has 13 nitrogen and oxygen atoms in total. The van der Waals surface area contributed by atoms with Crippen molar-refractivity contribution in [2.24, 2.45) is 0 Å². The van der Waals surface area contributed by atoms with Gasteiger partial charge in [0.15, 0.2) is 11.6 Å². The van der Waals surface area contributed by atoms with Crippen LogP contribution in [-0.2, 0) is 38.2 Å². The minimum absolute atomic E-state index is 0.0822. The molecule has 16 heteroatoms. The van der Waals surface area contributed by atoms with Gasteiger partial charge in [0.05, 0.1) is 37.6 Å². The zero-order valence-electron chi connectivity index (χ0n) is 27.4. The SMILES string of the molecule is CCc1c(N2CCN(C(=O)OC(C)(C)C)CC(=O)C2)c(=O)n2nc(C3=CCOCC3)nc2n1CC(=O)Nc1ccc(C(F)(F)F)cc1C. The molecule has 4 heterocycles. The number of nitrogens with zero attached hydrogens (tertiary/aromatic N) is 6. The number of amides is 2. The summed E-state index contributed by atoms with van der Waals surface area (Å²) >= 11 is 0. The van der Waals surface area contributed by atoms with E-state index in [0.717, 1.165) is 22.2 Å². The van der Waals surface area contributed by atoms with Crippen molar-refractivity contribution in [3.05, 3.63) is 57.3 Å². The van der Waals surface area contributed by atoms with Crippen LogP contribution < -0.4 is 15.8 Å². The number of rotatable bonds is 6. The molecule has 2 aromatic heterocycles. The third kappa shape index (κ3) is 7.53. The second kappa shape index (κ2) is 13.4. The van der Waals surface area contributed by atoms with Gasteiger partial charge in [0.25, 0.3) is 5.56 Å². The van der Waals surface area contributed by atoms with Crippen molar-refractivity contribution in [2.45, 2.75) is 65.8 Å². The molecule has 0 unspecified atom stereocenters. The van der Waals surface area contributed by atoms with Gasteiger partial charge in [-0.15, -0.1) is 5.10 Å². The molecule has 0 saturated carbocycles. The van der Waals surface area contributed by atoms with E-state index in [0.29, 0.717) is 25.3 Å². The zero-order chi connectivity index (χ0) is 35.0. The number of aryl methyl sites for hydroxylation is 1. The molecule has 1 N–H and O–H groups in total. The van der Waals surface area contributed by atoms with Gasteiger partial charge in [-0.1, -0.05) is 13.0 Å². The summed E-state index contributed by atoms with van der Waals surface area (Å²) in [7, 11) is 0. The number of nitrogens with one attached hydrogen (secondary N) is 1. The Morgan fingerprint density at radius 2 is 1.85 bits per heavy atom. The third-order valence-corrected chi connectivity index (χ3v) is 7.88. The molecule has 258 valence electrons. The van der Waals surface area contributed by atoms with E-state index in [2.05, 4.69) is 15.4 Å². The van der Waals surface area contributed by atoms with Gasteiger partial charge in [-0.05, 0) is 69.9 Å². The molecule has 2 aliphatic rings. The Balaban J connectivity index is 1.56. The highest BCUT2D eigenvalue weighted by molar-refractivity contribution is 5.92. The van der Waals surface area contributed by atoms with Gasteiger partial charge in [0, 0.05) is 18.8 Å². The first-order chi connectivity index (χ1) is 22.6. The van der Waals surface area contributed by atoms with Gasteiger partial charge in [-0.25, -0.2) is 4.79 Å². The van der Waals surface area contributed by atoms with Crippen LogP contribution in [0.2, 0.25) is 0 Å². The summed E-state index contributed by atoms with van der Waals surface area (Å²) < 4.78 is 53.2. The molecule has 48 heavy (non-hydrogen) atoms. The minimum Gasteiger partial charge on any atom is -0.444 e. The summed E-state index contributed by atoms with van der Waals surface area (Å²) in [6.07, 6.45) is -2.62. The number of carbonyl (C=O) groups excluding carboxylic acids is 3. The molecule has 2 aliphatic heterocycles. The highest BCUT2D eigenvalue weighted by Crippen LogP contribution is 2.32. The van der Waals surface area contributed by atoms with Gasteiger partial charge in [-0.3, -0.25) is 19.3 Å². The predicted octanol–water partition coefficient (Wildman–Crippen LogP) is 3.85. The van der Waals surface area contributed by atoms with Crippen molar-refractivity contribution < 1.29 is 37.0 Å². The number of aromatic nitrogens is 4. The molecule has 2 amide bonds. The molecule has 1 saturated heterocycles. The standard InChI is InChI=1S/C32H38F3N7O6/c1-6-24-26(39-11-12-40(17-22(43)16-39)30(46)48-31(3,4)5)28(45)42-29(37-27(38-42)20-9-13-47-14-10-20)41(24)18-25(44)36-23-8-7-21(15-19(23)2)32(33,34)35/h7-9,15H,6,10-14,16-18H2,1-5H3,(H,36,44). The van der Waals surface area contributed by atoms with Crippen LogP contribution in [0.25, 0.3) is 11.4 Å². The van der Waals surface area contributed by atoms with Gasteiger partial charge in [0.2, 0.25) is 11.7 Å². The monoisotopic (exact) mass is 673 g/mol. The van der Waals surface area contributed by atoms with Crippen LogP contribution in [0, 0.1) is 6.92 Å². The average molecular weight is 674 g/mol. The van der Waals surface area contributed by atoms with E-state index in [4.69, 9.17) is 9.47 Å². The van der Waals surface area contributed by atoms with Crippen molar-refractivity contribution in [3.63, 3.8) is 0 Å². The largest absolute Gasteiger partial charge is 0.444 e. The van der Waals surface area contributed by atoms with Gasteiger partial charge in [0.1, 0.15) is 17.8 Å². The van der Waals surface area contributed by atoms with Crippen LogP contribution in [0.1, 0.15) is 56.8 Å². The van der Waals surface area contributed by atoms with Crippen LogP contribution in [0.4, 0.5) is 29.3 Å². The second-order valence-electron chi connectivity index (χ2n) is 12.7. The predicted molar refractivity (Wildman–Crippen MR) is 170 cm³/mol. The van der Waals surface area contributed by atoms with Gasteiger partial charge < -0.3 is 24.3 Å². The van der Waals surface area contributed by atoms with Gasteiger partial charge in [-0.2, -0.15) is 22.7 Å². The number of halogens is 3. The fraction of sp³-hybridized carbons (Fsp3) is 0.500. The highest BCUT2D eigenvalue weighted by atomic mass is 19.4. The number of ketones is 1. The van der Waals surface area contributed by atoms with E-state index in [1.165, 1.54) is 22.5 Å². The first kappa shape index (κ1) is 34.6. The molecule has 0 radical (unpaired) electrons. The molecule has 1 fully saturated rings. The fourth-order valence-corrected chi connectivity index (χ4v) is 5.66. The third-order valence-electron chi connectivity index (χ3n) is 7.88. The first-order valence-corrected chi connectivity index (χ1v) is 15.6. The summed E-state index contributed by atoms with van der Waals surface area (Å²) in [4.78, 5) is 61.1. The Bertz CT molecular complexity index is 1840. The number of ether oxygens (including phenoxy) is 2. The summed E-state index contributed by atoms with van der Waals surface area (Å²) in [6, 6.07) is 3.03. The number of hydrogen-bond donors (Lipinski definition) is 1. The topological polar surface area (TPSA) is 140 Å². The Hall–Kier alpha value is -4.73. The molecule has 0 atom stereocenters. The van der Waals surface area contributed by atoms with E-state index in [9.17, 15) is 32.3 Å². The maximum Gasteiger partial charge on any atom is 0.416 e. The number of benzene rings is 1. The molecule has 0 spiro atoms. The molecular weight excluding hydrogens is 635 g/mol. The van der Waals surface area contributed by atoms with Crippen LogP contribution in [-0.4, -0.2) is 86.8 Å². The molecule has 0 aliphatic carbocycles. The molecular formula is C32H38F3N7O6. The lowest BCUT2D eigenvalue weighted by molar-refractivity contribution is -0.137. The number of carbonyl (C=O) groups is 3. The van der Waals surface area contributed by atoms with E-state index < -0.39 is 34.9 Å². The van der Waals surface area contributed by atoms with E-state index in [1.807, 2.05) is 6.08 Å². The lowest BCUT2D eigenvalue weighted by Gasteiger charge is -2.27. The van der Waals surface area contributed by atoms with Gasteiger partial charge >= 0.3 is 12.3 Å². The van der Waals surface area contributed by atoms with Crippen molar-refractivity contribution in [1.82, 2.24) is 24.1 Å². The summed E-state index contributed by atoms with van der Waals surface area (Å²) in [5, 5.41) is 7.18. The quantitative estimate of drug-likeness (QED) is 0.413. The number of anilines is 2. The summed E-state index contributed by atoms with van der Waals surface area (Å²) in [6.45, 7) is 8.64. The lowest BCUT2D eigenvalue weighted by Crippen LogP contribution is -2.40. The summed E-state index contributed by atoms with van der Waals surface area (Å²) in [5.74, 6) is -0.542. The fourth-order valence-electron chi connectivity index (χ4n) is 5.66. The molecule has 5 rings (SSSR count). The normalized spacial score (nSPS) is 16.2.